The Kier molecular flexibility index (Phi) is 7.54. The smallest absolute Gasteiger partial charge is 0.357 e. The number of para-hydroxylation sites is 1. The van der Waals surface area contributed by atoms with Crippen molar-refractivity contribution in [2.24, 2.45) is 5.10 Å². The van der Waals surface area contributed by atoms with Crippen molar-refractivity contribution >= 4 is 52.4 Å². The van der Waals surface area contributed by atoms with E-state index < -0.39 is 11.9 Å². The van der Waals surface area contributed by atoms with E-state index in [2.05, 4.69) is 101 Å². The molecule has 0 bridgehead atoms. The molecule has 0 spiro atoms. The minimum atomic E-state index is -1.23. The molecule has 5 aromatic rings. The van der Waals surface area contributed by atoms with Gasteiger partial charge in [0.1, 0.15) is 0 Å². The molecule has 0 aromatic heterocycles. The average Bonchev–Trinajstić information content (AvgIpc) is 3.82. The van der Waals surface area contributed by atoms with Crippen molar-refractivity contribution in [3.63, 3.8) is 0 Å². The quantitative estimate of drug-likeness (QED) is 0.144. The zero-order valence-electron chi connectivity index (χ0n) is 26.2. The first-order valence-corrected chi connectivity index (χ1v) is 16.3. The Morgan fingerprint density at radius 3 is 2.00 bits per heavy atom. The van der Waals surface area contributed by atoms with Crippen molar-refractivity contribution < 1.29 is 14.7 Å². The van der Waals surface area contributed by atoms with Crippen LogP contribution in [0.5, 0.6) is 0 Å². The fraction of sp³-hybridized carbons (Fsp3) is 0.119. The lowest BCUT2D eigenvalue weighted by atomic mass is 9.95. The Labute approximate surface area is 279 Å². The van der Waals surface area contributed by atoms with E-state index in [9.17, 15) is 14.7 Å². The Balaban J connectivity index is 1.11. The standard InChI is InChI=1S/C42H33N3O3/c46-41-37(40(42(47)48)43-45(41)33-15-8-3-9-16-33)27-29-21-24-39-36(26-29)34-17-10-18-38(34)44(39)32-22-19-28(20-23-32)25-35(30-11-4-1-5-12-30)31-13-6-2-7-14-31/h1-9,11-16,19-27,34,38H,10,17-18H2,(H,47,48). The van der Waals surface area contributed by atoms with Crippen molar-refractivity contribution in [1.29, 1.82) is 0 Å². The maximum absolute atomic E-state index is 13.4. The summed E-state index contributed by atoms with van der Waals surface area (Å²) in [6, 6.07) is 45.3. The lowest BCUT2D eigenvalue weighted by Gasteiger charge is -2.27. The van der Waals surface area contributed by atoms with Gasteiger partial charge < -0.3 is 10.0 Å². The van der Waals surface area contributed by atoms with Gasteiger partial charge in [-0.05, 0) is 94.8 Å². The molecule has 6 nitrogen and oxygen atoms in total. The van der Waals surface area contributed by atoms with Crippen molar-refractivity contribution in [3.8, 4) is 0 Å². The molecular weight excluding hydrogens is 594 g/mol. The zero-order valence-corrected chi connectivity index (χ0v) is 26.2. The number of rotatable bonds is 7. The largest absolute Gasteiger partial charge is 0.476 e. The first-order valence-electron chi connectivity index (χ1n) is 16.3. The molecule has 2 heterocycles. The average molecular weight is 628 g/mol. The Bertz CT molecular complexity index is 2060. The minimum absolute atomic E-state index is 0.0816. The number of nitrogens with zero attached hydrogens (tertiary/aromatic N) is 3. The van der Waals surface area contributed by atoms with Crippen molar-refractivity contribution in [1.82, 2.24) is 0 Å². The summed E-state index contributed by atoms with van der Waals surface area (Å²) in [6.45, 7) is 0. The number of hydrazone groups is 1. The third-order valence-corrected chi connectivity index (χ3v) is 9.57. The number of anilines is 3. The number of carbonyl (C=O) groups excluding carboxylic acids is 1. The highest BCUT2D eigenvalue weighted by molar-refractivity contribution is 6.53. The summed E-state index contributed by atoms with van der Waals surface area (Å²) in [7, 11) is 0. The molecular formula is C42H33N3O3. The Hall–Kier alpha value is -6.01. The molecule has 1 N–H and O–H groups in total. The van der Waals surface area contributed by atoms with Crippen LogP contribution in [0.25, 0.3) is 17.7 Å². The Morgan fingerprint density at radius 2 is 1.35 bits per heavy atom. The fourth-order valence-electron chi connectivity index (χ4n) is 7.38. The van der Waals surface area contributed by atoms with Crippen molar-refractivity contribution in [3.05, 3.63) is 167 Å². The van der Waals surface area contributed by atoms with Crippen LogP contribution >= 0.6 is 0 Å². The van der Waals surface area contributed by atoms with E-state index in [1.807, 2.05) is 24.3 Å². The molecule has 0 saturated heterocycles. The lowest BCUT2D eigenvalue weighted by Crippen LogP contribution is -2.26. The number of carboxylic acid groups (broad SMARTS) is 1. The second-order valence-electron chi connectivity index (χ2n) is 12.4. The molecule has 3 aliphatic rings. The number of amides is 1. The van der Waals surface area contributed by atoms with Gasteiger partial charge in [-0.1, -0.05) is 103 Å². The van der Waals surface area contributed by atoms with Crippen LogP contribution in [0.2, 0.25) is 0 Å². The summed E-state index contributed by atoms with van der Waals surface area (Å²) in [5, 5.41) is 15.2. The predicted molar refractivity (Wildman–Crippen MR) is 192 cm³/mol. The van der Waals surface area contributed by atoms with Gasteiger partial charge in [-0.2, -0.15) is 10.1 Å². The molecule has 48 heavy (non-hydrogen) atoms. The number of hydrogen-bond donors (Lipinski definition) is 1. The fourth-order valence-corrected chi connectivity index (χ4v) is 7.38. The first kappa shape index (κ1) is 29.4. The molecule has 234 valence electrons. The van der Waals surface area contributed by atoms with E-state index in [0.717, 1.165) is 36.1 Å². The maximum atomic E-state index is 13.4. The van der Waals surface area contributed by atoms with Gasteiger partial charge in [0.15, 0.2) is 5.71 Å². The van der Waals surface area contributed by atoms with Crippen LogP contribution in [-0.4, -0.2) is 28.7 Å². The Morgan fingerprint density at radius 1 is 0.729 bits per heavy atom. The summed E-state index contributed by atoms with van der Waals surface area (Å²) < 4.78 is 0. The van der Waals surface area contributed by atoms with E-state index in [1.165, 1.54) is 33.0 Å². The molecule has 1 aliphatic carbocycles. The highest BCUT2D eigenvalue weighted by atomic mass is 16.4. The molecule has 8 rings (SSSR count). The maximum Gasteiger partial charge on any atom is 0.357 e. The van der Waals surface area contributed by atoms with Crippen molar-refractivity contribution in [2.75, 3.05) is 9.91 Å². The van der Waals surface area contributed by atoms with Gasteiger partial charge in [-0.15, -0.1) is 0 Å². The monoisotopic (exact) mass is 627 g/mol. The normalized spacial score (nSPS) is 18.9. The summed E-state index contributed by atoms with van der Waals surface area (Å²) in [5.74, 6) is -1.31. The van der Waals surface area contributed by atoms with E-state index in [1.54, 1.807) is 30.3 Å². The molecule has 1 amide bonds. The van der Waals surface area contributed by atoms with Crippen molar-refractivity contribution in [2.45, 2.75) is 31.2 Å². The van der Waals surface area contributed by atoms with Gasteiger partial charge in [0.25, 0.3) is 5.91 Å². The van der Waals surface area contributed by atoms with E-state index in [-0.39, 0.29) is 11.3 Å². The highest BCUT2D eigenvalue weighted by Gasteiger charge is 2.42. The number of hydrogen-bond acceptors (Lipinski definition) is 4. The highest BCUT2D eigenvalue weighted by Crippen LogP contribution is 2.52. The number of benzene rings is 5. The summed E-state index contributed by atoms with van der Waals surface area (Å²) in [6.07, 6.45) is 7.26. The van der Waals surface area contributed by atoms with E-state index in [0.29, 0.717) is 17.6 Å². The molecule has 1 saturated carbocycles. The van der Waals surface area contributed by atoms with Crippen LogP contribution < -0.4 is 9.91 Å². The number of fused-ring (bicyclic) bond motifs is 3. The summed E-state index contributed by atoms with van der Waals surface area (Å²) in [5.41, 5.74) is 9.38. The number of carbonyl (C=O) groups is 2. The topological polar surface area (TPSA) is 73.2 Å². The first-order chi connectivity index (χ1) is 23.5. The molecule has 5 aromatic carbocycles. The predicted octanol–water partition coefficient (Wildman–Crippen LogP) is 8.93. The van der Waals surface area contributed by atoms with Crippen LogP contribution in [0.4, 0.5) is 17.1 Å². The van der Waals surface area contributed by atoms with E-state index in [4.69, 9.17) is 0 Å². The van der Waals surface area contributed by atoms with E-state index >= 15 is 0 Å². The second kappa shape index (κ2) is 12.3. The number of carboxylic acids is 1. The lowest BCUT2D eigenvalue weighted by molar-refractivity contribution is -0.129. The van der Waals surface area contributed by atoms with Gasteiger partial charge in [0, 0.05) is 23.3 Å². The third kappa shape index (κ3) is 5.31. The minimum Gasteiger partial charge on any atom is -0.476 e. The molecule has 2 atom stereocenters. The molecule has 0 radical (unpaired) electrons. The molecule has 2 unspecified atom stereocenters. The van der Waals surface area contributed by atoms with Gasteiger partial charge >= 0.3 is 5.97 Å². The summed E-state index contributed by atoms with van der Waals surface area (Å²) >= 11 is 0. The van der Waals surface area contributed by atoms with Gasteiger partial charge in [0.05, 0.1) is 11.3 Å². The van der Waals surface area contributed by atoms with Gasteiger partial charge in [0.2, 0.25) is 0 Å². The van der Waals surface area contributed by atoms with Crippen LogP contribution in [0, 0.1) is 0 Å². The van der Waals surface area contributed by atoms with Crippen LogP contribution in [0.15, 0.2) is 144 Å². The van der Waals surface area contributed by atoms with Crippen LogP contribution in [0.1, 0.15) is 53.0 Å². The molecule has 2 aliphatic heterocycles. The molecule has 6 heteroatoms. The van der Waals surface area contributed by atoms with Gasteiger partial charge in [-0.3, -0.25) is 4.79 Å². The summed E-state index contributed by atoms with van der Waals surface area (Å²) in [4.78, 5) is 28.0. The second-order valence-corrected chi connectivity index (χ2v) is 12.4. The van der Waals surface area contributed by atoms with Gasteiger partial charge in [-0.25, -0.2) is 4.79 Å². The third-order valence-electron chi connectivity index (χ3n) is 9.57. The zero-order chi connectivity index (χ0) is 32.6. The molecule has 1 fully saturated rings. The van der Waals surface area contributed by atoms with Crippen LogP contribution in [-0.2, 0) is 9.59 Å². The van der Waals surface area contributed by atoms with Crippen LogP contribution in [0.3, 0.4) is 0 Å². The SMILES string of the molecule is O=C(O)C1=NN(c2ccccc2)C(=O)C1=Cc1ccc2c(c1)C1CCCC1N2c1ccc(C=C(c2ccccc2)c2ccccc2)cc1. The number of aliphatic carboxylic acids is 1.